The van der Waals surface area contributed by atoms with E-state index in [-0.39, 0.29) is 18.5 Å². The first-order chi connectivity index (χ1) is 16.3. The van der Waals surface area contributed by atoms with Gasteiger partial charge in [-0.3, -0.25) is 9.69 Å². The highest BCUT2D eigenvalue weighted by atomic mass is 32.2. The van der Waals surface area contributed by atoms with Gasteiger partial charge in [0.05, 0.1) is 11.4 Å². The molecule has 0 spiro atoms. The molecule has 2 aromatic carbocycles. The third kappa shape index (κ3) is 5.77. The van der Waals surface area contributed by atoms with Gasteiger partial charge in [-0.05, 0) is 55.8 Å². The van der Waals surface area contributed by atoms with Crippen LogP contribution in [0.25, 0.3) is 0 Å². The Bertz CT molecular complexity index is 1240. The highest BCUT2D eigenvalue weighted by Crippen LogP contribution is 2.24. The number of nitrogens with one attached hydrogen (secondary N) is 1. The van der Waals surface area contributed by atoms with Crippen LogP contribution in [0.15, 0.2) is 65.8 Å². The Morgan fingerprint density at radius 1 is 1.00 bits per heavy atom. The van der Waals surface area contributed by atoms with Crippen LogP contribution in [0.1, 0.15) is 11.1 Å². The molecule has 10 heteroatoms. The van der Waals surface area contributed by atoms with Crippen molar-refractivity contribution in [3.8, 4) is 11.8 Å². The van der Waals surface area contributed by atoms with Crippen molar-refractivity contribution < 1.29 is 17.9 Å². The lowest BCUT2D eigenvalue weighted by molar-refractivity contribution is -0.117. The highest BCUT2D eigenvalue weighted by molar-refractivity contribution is 7.89. The standard InChI is InChI=1S/C24H27N5O4S/c1-18-4-7-21(8-5-18)34(31,32)29-14-12-28(13-15-29)17-23(30)27-22-9-6-20(16-19(22)2)33-24-25-10-3-11-26-24/h3-11,16H,12-15,17H2,1-2H3,(H,27,30). The van der Waals surface area contributed by atoms with Crippen LogP contribution in [0.3, 0.4) is 0 Å². The SMILES string of the molecule is Cc1ccc(S(=O)(=O)N2CCN(CC(=O)Nc3ccc(Oc4ncccn4)cc3C)CC2)cc1. The molecule has 1 saturated heterocycles. The van der Waals surface area contributed by atoms with E-state index in [1.807, 2.05) is 18.7 Å². The van der Waals surface area contributed by atoms with Crippen molar-refractivity contribution in [2.24, 2.45) is 0 Å². The molecule has 1 N–H and O–H groups in total. The van der Waals surface area contributed by atoms with E-state index in [1.165, 1.54) is 4.31 Å². The number of nitrogens with zero attached hydrogens (tertiary/aromatic N) is 4. The summed E-state index contributed by atoms with van der Waals surface area (Å²) >= 11 is 0. The van der Waals surface area contributed by atoms with Gasteiger partial charge in [0.1, 0.15) is 5.75 Å². The molecule has 1 amide bonds. The zero-order valence-electron chi connectivity index (χ0n) is 19.1. The Morgan fingerprint density at radius 3 is 2.32 bits per heavy atom. The van der Waals surface area contributed by atoms with Gasteiger partial charge < -0.3 is 10.1 Å². The monoisotopic (exact) mass is 481 g/mol. The van der Waals surface area contributed by atoms with E-state index in [9.17, 15) is 13.2 Å². The molecule has 0 saturated carbocycles. The first-order valence-corrected chi connectivity index (χ1v) is 12.4. The second kappa shape index (κ2) is 10.3. The molecule has 1 aliphatic heterocycles. The van der Waals surface area contributed by atoms with Crippen LogP contribution in [0.5, 0.6) is 11.8 Å². The number of benzene rings is 2. The van der Waals surface area contributed by atoms with Crippen LogP contribution in [0.2, 0.25) is 0 Å². The summed E-state index contributed by atoms with van der Waals surface area (Å²) in [7, 11) is -3.53. The summed E-state index contributed by atoms with van der Waals surface area (Å²) in [5.41, 5.74) is 2.54. The average Bonchev–Trinajstić information content (AvgIpc) is 2.82. The molecule has 1 aliphatic rings. The lowest BCUT2D eigenvalue weighted by Gasteiger charge is -2.33. The molecule has 0 aliphatic carbocycles. The maximum atomic E-state index is 12.9. The molecule has 9 nitrogen and oxygen atoms in total. The Labute approximate surface area is 199 Å². The lowest BCUT2D eigenvalue weighted by atomic mass is 10.2. The summed E-state index contributed by atoms with van der Waals surface area (Å²) in [5.74, 6) is 0.422. The molecule has 0 atom stereocenters. The number of amides is 1. The molecule has 1 fully saturated rings. The van der Waals surface area contributed by atoms with Crippen LogP contribution in [-0.2, 0) is 14.8 Å². The number of anilines is 1. The van der Waals surface area contributed by atoms with Gasteiger partial charge in [0.2, 0.25) is 15.9 Å². The molecule has 1 aromatic heterocycles. The third-order valence-electron chi connectivity index (χ3n) is 5.58. The first kappa shape index (κ1) is 23.8. The van der Waals surface area contributed by atoms with E-state index in [2.05, 4.69) is 15.3 Å². The van der Waals surface area contributed by atoms with E-state index in [1.54, 1.807) is 60.9 Å². The fraction of sp³-hybridized carbons (Fsp3) is 0.292. The number of hydrogen-bond acceptors (Lipinski definition) is 7. The fourth-order valence-electron chi connectivity index (χ4n) is 3.66. The van der Waals surface area contributed by atoms with Crippen molar-refractivity contribution in [2.45, 2.75) is 18.7 Å². The predicted octanol–water partition coefficient (Wildman–Crippen LogP) is 2.83. The molecular weight excluding hydrogens is 454 g/mol. The largest absolute Gasteiger partial charge is 0.424 e. The predicted molar refractivity (Wildman–Crippen MR) is 128 cm³/mol. The van der Waals surface area contributed by atoms with Gasteiger partial charge in [0, 0.05) is 44.3 Å². The number of hydrogen-bond donors (Lipinski definition) is 1. The van der Waals surface area contributed by atoms with E-state index in [0.717, 1.165) is 11.1 Å². The average molecular weight is 482 g/mol. The zero-order chi connectivity index (χ0) is 24.1. The maximum Gasteiger partial charge on any atom is 0.321 e. The number of aromatic nitrogens is 2. The van der Waals surface area contributed by atoms with Gasteiger partial charge in [-0.25, -0.2) is 18.4 Å². The van der Waals surface area contributed by atoms with E-state index < -0.39 is 10.0 Å². The maximum absolute atomic E-state index is 12.9. The van der Waals surface area contributed by atoms with E-state index >= 15 is 0 Å². The lowest BCUT2D eigenvalue weighted by Crippen LogP contribution is -2.50. The Hall–Kier alpha value is -3.34. The summed E-state index contributed by atoms with van der Waals surface area (Å²) in [5, 5.41) is 2.92. The summed E-state index contributed by atoms with van der Waals surface area (Å²) in [6.45, 7) is 5.65. The minimum atomic E-state index is -3.53. The molecular formula is C24H27N5O4S. The van der Waals surface area contributed by atoms with Crippen molar-refractivity contribution in [1.82, 2.24) is 19.2 Å². The molecule has 0 radical (unpaired) electrons. The number of sulfonamides is 1. The topological polar surface area (TPSA) is 105 Å². The normalized spacial score (nSPS) is 15.1. The van der Waals surface area contributed by atoms with Crippen molar-refractivity contribution in [3.05, 3.63) is 72.1 Å². The van der Waals surface area contributed by atoms with Gasteiger partial charge in [-0.1, -0.05) is 17.7 Å². The molecule has 2 heterocycles. The first-order valence-electron chi connectivity index (χ1n) is 11.0. The van der Waals surface area contributed by atoms with E-state index in [0.29, 0.717) is 42.5 Å². The van der Waals surface area contributed by atoms with Crippen LogP contribution < -0.4 is 10.1 Å². The number of carbonyl (C=O) groups excluding carboxylic acids is 1. The van der Waals surface area contributed by atoms with Gasteiger partial charge in [0.25, 0.3) is 0 Å². The second-order valence-electron chi connectivity index (χ2n) is 8.15. The molecule has 0 bridgehead atoms. The quantitative estimate of drug-likeness (QED) is 0.553. The number of piperazine rings is 1. The smallest absolute Gasteiger partial charge is 0.321 e. The zero-order valence-corrected chi connectivity index (χ0v) is 20.0. The Balaban J connectivity index is 1.29. The number of ether oxygens (including phenoxy) is 1. The van der Waals surface area contributed by atoms with Crippen molar-refractivity contribution in [3.63, 3.8) is 0 Å². The number of carbonyl (C=O) groups is 1. The van der Waals surface area contributed by atoms with Crippen LogP contribution >= 0.6 is 0 Å². The summed E-state index contributed by atoms with van der Waals surface area (Å²) < 4.78 is 32.8. The second-order valence-corrected chi connectivity index (χ2v) is 10.1. The van der Waals surface area contributed by atoms with Crippen LogP contribution in [0, 0.1) is 13.8 Å². The van der Waals surface area contributed by atoms with Gasteiger partial charge >= 0.3 is 6.01 Å². The molecule has 4 rings (SSSR count). The third-order valence-corrected chi connectivity index (χ3v) is 7.49. The molecule has 34 heavy (non-hydrogen) atoms. The number of aryl methyl sites for hydroxylation is 2. The Kier molecular flexibility index (Phi) is 7.20. The minimum absolute atomic E-state index is 0.155. The summed E-state index contributed by atoms with van der Waals surface area (Å²) in [6, 6.07) is 14.1. The van der Waals surface area contributed by atoms with E-state index in [4.69, 9.17) is 4.74 Å². The molecule has 178 valence electrons. The van der Waals surface area contributed by atoms with Crippen molar-refractivity contribution in [1.29, 1.82) is 0 Å². The van der Waals surface area contributed by atoms with Crippen molar-refractivity contribution >= 4 is 21.6 Å². The fourth-order valence-corrected chi connectivity index (χ4v) is 5.09. The summed E-state index contributed by atoms with van der Waals surface area (Å²) in [6.07, 6.45) is 3.20. The van der Waals surface area contributed by atoms with Gasteiger partial charge in [-0.2, -0.15) is 4.31 Å². The highest BCUT2D eigenvalue weighted by Gasteiger charge is 2.29. The van der Waals surface area contributed by atoms with Crippen LogP contribution in [0.4, 0.5) is 5.69 Å². The van der Waals surface area contributed by atoms with Gasteiger partial charge in [-0.15, -0.1) is 0 Å². The molecule has 0 unspecified atom stereocenters. The number of rotatable bonds is 7. The van der Waals surface area contributed by atoms with Gasteiger partial charge in [0.15, 0.2) is 0 Å². The van der Waals surface area contributed by atoms with Crippen LogP contribution in [-0.4, -0.2) is 66.2 Å². The minimum Gasteiger partial charge on any atom is -0.424 e. The Morgan fingerprint density at radius 2 is 1.68 bits per heavy atom. The molecule has 3 aromatic rings. The summed E-state index contributed by atoms with van der Waals surface area (Å²) in [4.78, 5) is 22.9. The van der Waals surface area contributed by atoms with Crippen molar-refractivity contribution in [2.75, 3.05) is 38.0 Å².